The van der Waals surface area contributed by atoms with E-state index in [-0.39, 0.29) is 29.9 Å². The fraction of sp³-hybridized carbons (Fsp3) is 0.464. The molecule has 0 bridgehead atoms. The third-order valence-corrected chi connectivity index (χ3v) is 6.62. The van der Waals surface area contributed by atoms with Crippen molar-refractivity contribution in [1.29, 1.82) is 0 Å². The average molecular weight is 494 g/mol. The van der Waals surface area contributed by atoms with Crippen LogP contribution in [-0.4, -0.2) is 77.7 Å². The van der Waals surface area contributed by atoms with Crippen molar-refractivity contribution in [3.8, 4) is 0 Å². The van der Waals surface area contributed by atoms with Gasteiger partial charge in [-0.2, -0.15) is 0 Å². The predicted molar refractivity (Wildman–Crippen MR) is 135 cm³/mol. The Balaban J connectivity index is 0.000000445. The van der Waals surface area contributed by atoms with Crippen LogP contribution in [0.25, 0.3) is 0 Å². The van der Waals surface area contributed by atoms with Gasteiger partial charge in [0, 0.05) is 38.1 Å². The molecule has 0 aromatic heterocycles. The second kappa shape index (κ2) is 10.7. The molecule has 5 rings (SSSR count). The predicted octanol–water partition coefficient (Wildman–Crippen LogP) is 4.02. The Bertz CT molecular complexity index is 1020. The molecule has 2 aromatic rings. The number of imide groups is 1. The zero-order chi connectivity index (χ0) is 25.8. The summed E-state index contributed by atoms with van der Waals surface area (Å²) in [6.45, 7) is 8.91. The minimum Gasteiger partial charge on any atom is -0.447 e. The van der Waals surface area contributed by atoms with Gasteiger partial charge in [0.15, 0.2) is 0 Å². The summed E-state index contributed by atoms with van der Waals surface area (Å²) in [5.41, 5.74) is 0.235. The van der Waals surface area contributed by atoms with Gasteiger partial charge in [-0.05, 0) is 26.3 Å². The molecule has 192 valence electrons. The first-order chi connectivity index (χ1) is 17.2. The van der Waals surface area contributed by atoms with Gasteiger partial charge in [-0.15, -0.1) is 0 Å². The molecule has 0 saturated carbocycles. The fourth-order valence-corrected chi connectivity index (χ4v) is 5.03. The van der Waals surface area contributed by atoms with Crippen LogP contribution in [0.3, 0.4) is 0 Å². The highest BCUT2D eigenvalue weighted by molar-refractivity contribution is 5.95. The summed E-state index contributed by atoms with van der Waals surface area (Å²) in [4.78, 5) is 42.8. The highest BCUT2D eigenvalue weighted by atomic mass is 16.6. The summed E-state index contributed by atoms with van der Waals surface area (Å²) in [5.74, 6) is -0.553. The number of likely N-dealkylation sites (tertiary alicyclic amines) is 2. The SMILES string of the molecule is CC(C)(C)OC(=O)N1CC2(CN(Cc3ccccc3)C[C@H]2C(=O)N2CCOC2=O)C1.c1ccccc1. The van der Waals surface area contributed by atoms with E-state index in [1.807, 2.05) is 75.4 Å². The Morgan fingerprint density at radius 2 is 1.56 bits per heavy atom. The summed E-state index contributed by atoms with van der Waals surface area (Å²) < 4.78 is 10.5. The Hall–Kier alpha value is -3.39. The van der Waals surface area contributed by atoms with Crippen LogP contribution in [-0.2, 0) is 20.8 Å². The number of ether oxygens (including phenoxy) is 2. The topological polar surface area (TPSA) is 79.4 Å². The molecular weight excluding hydrogens is 458 g/mol. The van der Waals surface area contributed by atoms with Crippen LogP contribution >= 0.6 is 0 Å². The van der Waals surface area contributed by atoms with E-state index in [4.69, 9.17) is 9.47 Å². The van der Waals surface area contributed by atoms with Gasteiger partial charge in [-0.1, -0.05) is 66.7 Å². The first-order valence-electron chi connectivity index (χ1n) is 12.4. The number of nitrogens with zero attached hydrogens (tertiary/aromatic N) is 3. The number of hydrogen-bond acceptors (Lipinski definition) is 6. The van der Waals surface area contributed by atoms with E-state index in [0.717, 1.165) is 6.54 Å². The van der Waals surface area contributed by atoms with E-state index in [2.05, 4.69) is 17.0 Å². The van der Waals surface area contributed by atoms with Crippen molar-refractivity contribution in [3.63, 3.8) is 0 Å². The molecule has 36 heavy (non-hydrogen) atoms. The number of rotatable bonds is 3. The van der Waals surface area contributed by atoms with Crippen LogP contribution in [0.4, 0.5) is 9.59 Å². The highest BCUT2D eigenvalue weighted by Crippen LogP contribution is 2.46. The van der Waals surface area contributed by atoms with E-state index >= 15 is 0 Å². The second-order valence-corrected chi connectivity index (χ2v) is 10.7. The van der Waals surface area contributed by atoms with Gasteiger partial charge in [-0.3, -0.25) is 9.69 Å². The maximum Gasteiger partial charge on any atom is 0.416 e. The standard InChI is InChI=1S/C22H29N3O5.C6H6/c1-21(2,3)30-19(27)24-14-22(15-24)13-23(11-16-7-5-4-6-8-16)12-17(22)18(26)25-9-10-29-20(25)28;1-2-4-6-5-3-1/h4-8,17H,9-15H2,1-3H3;1-6H/t17-;/m0./s1. The molecule has 1 spiro atoms. The molecule has 3 aliphatic rings. The highest BCUT2D eigenvalue weighted by Gasteiger charge is 2.59. The van der Waals surface area contributed by atoms with Gasteiger partial charge in [0.2, 0.25) is 5.91 Å². The largest absolute Gasteiger partial charge is 0.447 e. The maximum atomic E-state index is 13.2. The third-order valence-electron chi connectivity index (χ3n) is 6.62. The third kappa shape index (κ3) is 6.05. The number of benzene rings is 2. The second-order valence-electron chi connectivity index (χ2n) is 10.7. The summed E-state index contributed by atoms with van der Waals surface area (Å²) in [6.07, 6.45) is -0.929. The van der Waals surface area contributed by atoms with Crippen molar-refractivity contribution in [2.24, 2.45) is 11.3 Å². The number of cyclic esters (lactones) is 1. The average Bonchev–Trinajstić information content (AvgIpc) is 3.42. The van der Waals surface area contributed by atoms with E-state index < -0.39 is 11.7 Å². The zero-order valence-corrected chi connectivity index (χ0v) is 21.3. The number of hydrogen-bond donors (Lipinski definition) is 0. The van der Waals surface area contributed by atoms with E-state index in [1.54, 1.807) is 4.90 Å². The minimum absolute atomic E-state index is 0.197. The molecule has 8 nitrogen and oxygen atoms in total. The smallest absolute Gasteiger partial charge is 0.416 e. The lowest BCUT2D eigenvalue weighted by Gasteiger charge is -2.50. The molecule has 0 radical (unpaired) electrons. The molecule has 0 aliphatic carbocycles. The van der Waals surface area contributed by atoms with Crippen LogP contribution in [0.1, 0.15) is 26.3 Å². The van der Waals surface area contributed by atoms with Gasteiger partial charge in [0.1, 0.15) is 12.2 Å². The Kier molecular flexibility index (Phi) is 7.64. The molecule has 0 unspecified atom stereocenters. The van der Waals surface area contributed by atoms with Crippen LogP contribution in [0.2, 0.25) is 0 Å². The van der Waals surface area contributed by atoms with Crippen molar-refractivity contribution < 1.29 is 23.9 Å². The van der Waals surface area contributed by atoms with Gasteiger partial charge >= 0.3 is 12.2 Å². The fourth-order valence-electron chi connectivity index (χ4n) is 5.03. The van der Waals surface area contributed by atoms with Crippen LogP contribution in [0.15, 0.2) is 66.7 Å². The molecule has 8 heteroatoms. The summed E-state index contributed by atoms with van der Waals surface area (Å²) in [6, 6.07) is 22.1. The van der Waals surface area contributed by atoms with Crippen molar-refractivity contribution >= 4 is 18.1 Å². The van der Waals surface area contributed by atoms with Gasteiger partial charge in [0.05, 0.1) is 12.5 Å². The van der Waals surface area contributed by atoms with E-state index in [0.29, 0.717) is 32.7 Å². The summed E-state index contributed by atoms with van der Waals surface area (Å²) in [5, 5.41) is 0. The molecule has 2 aromatic carbocycles. The number of amides is 3. The zero-order valence-electron chi connectivity index (χ0n) is 21.3. The number of carbonyl (C=O) groups is 3. The lowest BCUT2D eigenvalue weighted by atomic mass is 9.71. The van der Waals surface area contributed by atoms with Crippen LogP contribution < -0.4 is 0 Å². The monoisotopic (exact) mass is 493 g/mol. The molecule has 3 heterocycles. The lowest BCUT2D eigenvalue weighted by molar-refractivity contribution is -0.139. The van der Waals surface area contributed by atoms with Crippen LogP contribution in [0, 0.1) is 11.3 Å². The summed E-state index contributed by atoms with van der Waals surface area (Å²) in [7, 11) is 0. The minimum atomic E-state index is -0.569. The molecule has 3 aliphatic heterocycles. The van der Waals surface area contributed by atoms with Crippen molar-refractivity contribution in [3.05, 3.63) is 72.3 Å². The Labute approximate surface area is 212 Å². The maximum absolute atomic E-state index is 13.2. The van der Waals surface area contributed by atoms with Crippen molar-refractivity contribution in [2.75, 3.05) is 39.3 Å². The normalized spacial score (nSPS) is 20.9. The molecular formula is C28H35N3O5. The number of carbonyl (C=O) groups excluding carboxylic acids is 3. The molecule has 0 N–H and O–H groups in total. The van der Waals surface area contributed by atoms with Crippen molar-refractivity contribution in [2.45, 2.75) is 32.9 Å². The van der Waals surface area contributed by atoms with Gasteiger partial charge in [-0.25, -0.2) is 14.5 Å². The Morgan fingerprint density at radius 1 is 0.972 bits per heavy atom. The van der Waals surface area contributed by atoms with Gasteiger partial charge < -0.3 is 14.4 Å². The first-order valence-corrected chi connectivity index (χ1v) is 12.4. The van der Waals surface area contributed by atoms with Crippen molar-refractivity contribution in [1.82, 2.24) is 14.7 Å². The lowest BCUT2D eigenvalue weighted by Crippen LogP contribution is -2.64. The Morgan fingerprint density at radius 3 is 2.08 bits per heavy atom. The van der Waals surface area contributed by atoms with E-state index in [1.165, 1.54) is 10.5 Å². The summed E-state index contributed by atoms with van der Waals surface area (Å²) >= 11 is 0. The first kappa shape index (κ1) is 25.7. The van der Waals surface area contributed by atoms with E-state index in [9.17, 15) is 14.4 Å². The van der Waals surface area contributed by atoms with Gasteiger partial charge in [0.25, 0.3) is 0 Å². The molecule has 1 atom stereocenters. The molecule has 3 fully saturated rings. The molecule has 3 saturated heterocycles. The molecule has 3 amide bonds. The van der Waals surface area contributed by atoms with Crippen LogP contribution in [0.5, 0.6) is 0 Å². The quantitative estimate of drug-likeness (QED) is 0.643.